The predicted molar refractivity (Wildman–Crippen MR) is 79.8 cm³/mol. The third-order valence-corrected chi connectivity index (χ3v) is 4.28. The number of methoxy groups -OCH3 is 1. The van der Waals surface area contributed by atoms with E-state index in [1.54, 1.807) is 7.11 Å². The molecule has 0 amide bonds. The first-order valence-corrected chi connectivity index (χ1v) is 7.61. The van der Waals surface area contributed by atoms with Gasteiger partial charge in [0.1, 0.15) is 0 Å². The minimum atomic E-state index is -0.166. The Morgan fingerprint density at radius 3 is 2.65 bits per heavy atom. The molecule has 1 aromatic rings. The maximum Gasteiger partial charge on any atom is 0.0700 e. The van der Waals surface area contributed by atoms with Gasteiger partial charge in [-0.2, -0.15) is 0 Å². The molecule has 112 valence electrons. The van der Waals surface area contributed by atoms with Crippen molar-refractivity contribution >= 4 is 0 Å². The second kappa shape index (κ2) is 8.40. The Bertz CT molecular complexity index is 366. The molecule has 3 atom stereocenters. The highest BCUT2D eigenvalue weighted by Gasteiger charge is 2.29. The molecule has 1 aliphatic carbocycles. The van der Waals surface area contributed by atoms with E-state index >= 15 is 0 Å². The Morgan fingerprint density at radius 2 is 1.90 bits per heavy atom. The summed E-state index contributed by atoms with van der Waals surface area (Å²) in [6, 6.07) is 10.7. The molecule has 0 spiro atoms. The standard InChI is InChI=1S/C17H26O3/c1-19-11-12-20-10-9-16-13-15(7-8-17(16)18)14-5-3-2-4-6-14/h2-6,15-18H,7-13H2,1H3. The lowest BCUT2D eigenvalue weighted by Gasteiger charge is -2.33. The van der Waals surface area contributed by atoms with E-state index in [0.717, 1.165) is 25.7 Å². The number of ether oxygens (including phenoxy) is 2. The van der Waals surface area contributed by atoms with Crippen molar-refractivity contribution in [3.63, 3.8) is 0 Å². The molecule has 2 rings (SSSR count). The molecule has 1 saturated carbocycles. The van der Waals surface area contributed by atoms with E-state index in [1.807, 2.05) is 0 Å². The second-order valence-corrected chi connectivity index (χ2v) is 5.64. The fourth-order valence-electron chi connectivity index (χ4n) is 3.07. The SMILES string of the molecule is COCCOCCC1CC(c2ccccc2)CCC1O. The van der Waals surface area contributed by atoms with Crippen LogP contribution in [0.25, 0.3) is 0 Å². The molecule has 0 aliphatic heterocycles. The Labute approximate surface area is 121 Å². The summed E-state index contributed by atoms with van der Waals surface area (Å²) in [5.74, 6) is 0.945. The maximum atomic E-state index is 10.2. The van der Waals surface area contributed by atoms with Crippen molar-refractivity contribution in [2.24, 2.45) is 5.92 Å². The van der Waals surface area contributed by atoms with Gasteiger partial charge in [0.05, 0.1) is 19.3 Å². The Morgan fingerprint density at radius 1 is 1.10 bits per heavy atom. The topological polar surface area (TPSA) is 38.7 Å². The lowest BCUT2D eigenvalue weighted by atomic mass is 9.75. The number of aliphatic hydroxyl groups is 1. The van der Waals surface area contributed by atoms with Gasteiger partial charge in [-0.05, 0) is 43.1 Å². The first-order valence-electron chi connectivity index (χ1n) is 7.61. The van der Waals surface area contributed by atoms with E-state index in [-0.39, 0.29) is 6.10 Å². The monoisotopic (exact) mass is 278 g/mol. The zero-order chi connectivity index (χ0) is 14.2. The summed E-state index contributed by atoms with van der Waals surface area (Å²) in [5.41, 5.74) is 1.41. The largest absolute Gasteiger partial charge is 0.393 e. The van der Waals surface area contributed by atoms with E-state index < -0.39 is 0 Å². The first kappa shape index (κ1) is 15.5. The third kappa shape index (κ3) is 4.58. The number of rotatable bonds is 7. The van der Waals surface area contributed by atoms with Crippen LogP contribution in [-0.2, 0) is 9.47 Å². The molecule has 1 N–H and O–H groups in total. The fraction of sp³-hybridized carbons (Fsp3) is 0.647. The van der Waals surface area contributed by atoms with Crippen molar-refractivity contribution in [1.29, 1.82) is 0 Å². The normalized spacial score (nSPS) is 26.6. The van der Waals surface area contributed by atoms with Gasteiger partial charge >= 0.3 is 0 Å². The summed E-state index contributed by atoms with van der Waals surface area (Å²) < 4.78 is 10.5. The quantitative estimate of drug-likeness (QED) is 0.779. The molecular formula is C17H26O3. The summed E-state index contributed by atoms with van der Waals surface area (Å²) in [6.45, 7) is 1.99. The summed E-state index contributed by atoms with van der Waals surface area (Å²) in [4.78, 5) is 0. The van der Waals surface area contributed by atoms with Crippen molar-refractivity contribution < 1.29 is 14.6 Å². The summed E-state index contributed by atoms with van der Waals surface area (Å²) in [7, 11) is 1.68. The van der Waals surface area contributed by atoms with Crippen molar-refractivity contribution in [2.75, 3.05) is 26.9 Å². The lowest BCUT2D eigenvalue weighted by molar-refractivity contribution is 0.0225. The number of aliphatic hydroxyl groups excluding tert-OH is 1. The minimum Gasteiger partial charge on any atom is -0.393 e. The van der Waals surface area contributed by atoms with Crippen LogP contribution in [0.4, 0.5) is 0 Å². The van der Waals surface area contributed by atoms with Crippen LogP contribution >= 0.6 is 0 Å². The van der Waals surface area contributed by atoms with Crippen LogP contribution in [0.5, 0.6) is 0 Å². The molecule has 1 aromatic carbocycles. The van der Waals surface area contributed by atoms with Gasteiger partial charge in [0.2, 0.25) is 0 Å². The number of hydrogen-bond acceptors (Lipinski definition) is 3. The van der Waals surface area contributed by atoms with E-state index in [0.29, 0.717) is 31.7 Å². The second-order valence-electron chi connectivity index (χ2n) is 5.64. The zero-order valence-electron chi connectivity index (χ0n) is 12.3. The number of benzene rings is 1. The molecular weight excluding hydrogens is 252 g/mol. The average molecular weight is 278 g/mol. The molecule has 0 radical (unpaired) electrons. The zero-order valence-corrected chi connectivity index (χ0v) is 12.3. The van der Waals surface area contributed by atoms with Crippen LogP contribution in [0.3, 0.4) is 0 Å². The molecule has 0 aromatic heterocycles. The van der Waals surface area contributed by atoms with Crippen molar-refractivity contribution in [1.82, 2.24) is 0 Å². The van der Waals surface area contributed by atoms with Gasteiger partial charge in [-0.3, -0.25) is 0 Å². The molecule has 1 fully saturated rings. The van der Waals surface area contributed by atoms with Crippen molar-refractivity contribution in [3.8, 4) is 0 Å². The van der Waals surface area contributed by atoms with Gasteiger partial charge in [-0.15, -0.1) is 0 Å². The minimum absolute atomic E-state index is 0.166. The molecule has 0 heterocycles. The first-order chi connectivity index (χ1) is 9.81. The molecule has 1 aliphatic rings. The average Bonchev–Trinajstić information content (AvgIpc) is 2.49. The summed E-state index contributed by atoms with van der Waals surface area (Å²) >= 11 is 0. The smallest absolute Gasteiger partial charge is 0.0700 e. The molecule has 3 unspecified atom stereocenters. The number of hydrogen-bond donors (Lipinski definition) is 1. The molecule has 0 bridgehead atoms. The molecule has 3 nitrogen and oxygen atoms in total. The van der Waals surface area contributed by atoms with Crippen LogP contribution in [0.1, 0.15) is 37.2 Å². The van der Waals surface area contributed by atoms with Gasteiger partial charge < -0.3 is 14.6 Å². The van der Waals surface area contributed by atoms with E-state index in [9.17, 15) is 5.11 Å². The predicted octanol–water partition coefficient (Wildman–Crippen LogP) is 2.98. The molecule has 20 heavy (non-hydrogen) atoms. The van der Waals surface area contributed by atoms with Gasteiger partial charge in [0.15, 0.2) is 0 Å². The van der Waals surface area contributed by atoms with Gasteiger partial charge in [0.25, 0.3) is 0 Å². The van der Waals surface area contributed by atoms with Crippen LogP contribution < -0.4 is 0 Å². The molecule has 3 heteroatoms. The summed E-state index contributed by atoms with van der Waals surface area (Å²) in [5, 5.41) is 10.2. The van der Waals surface area contributed by atoms with Gasteiger partial charge in [-0.25, -0.2) is 0 Å². The Balaban J connectivity index is 1.79. The van der Waals surface area contributed by atoms with Gasteiger partial charge in [0, 0.05) is 13.7 Å². The highest BCUT2D eigenvalue weighted by Crippen LogP contribution is 2.37. The Hall–Kier alpha value is -0.900. The highest BCUT2D eigenvalue weighted by molar-refractivity contribution is 5.20. The van der Waals surface area contributed by atoms with Crippen LogP contribution in [0.15, 0.2) is 30.3 Å². The fourth-order valence-corrected chi connectivity index (χ4v) is 3.07. The van der Waals surface area contributed by atoms with Crippen molar-refractivity contribution in [3.05, 3.63) is 35.9 Å². The van der Waals surface area contributed by atoms with Gasteiger partial charge in [-0.1, -0.05) is 30.3 Å². The van der Waals surface area contributed by atoms with Crippen LogP contribution in [0.2, 0.25) is 0 Å². The van der Waals surface area contributed by atoms with Crippen LogP contribution in [0, 0.1) is 5.92 Å². The van der Waals surface area contributed by atoms with E-state index in [4.69, 9.17) is 9.47 Å². The van der Waals surface area contributed by atoms with Crippen LogP contribution in [-0.4, -0.2) is 38.1 Å². The third-order valence-electron chi connectivity index (χ3n) is 4.28. The molecule has 0 saturated heterocycles. The lowest BCUT2D eigenvalue weighted by Crippen LogP contribution is -2.29. The summed E-state index contributed by atoms with van der Waals surface area (Å²) in [6.07, 6.45) is 3.84. The van der Waals surface area contributed by atoms with E-state index in [1.165, 1.54) is 5.56 Å². The van der Waals surface area contributed by atoms with Crippen molar-refractivity contribution in [2.45, 2.75) is 37.7 Å². The maximum absolute atomic E-state index is 10.2. The Kier molecular flexibility index (Phi) is 6.51. The van der Waals surface area contributed by atoms with E-state index in [2.05, 4.69) is 30.3 Å². The highest BCUT2D eigenvalue weighted by atomic mass is 16.5.